The van der Waals surface area contributed by atoms with Crippen molar-refractivity contribution in [3.05, 3.63) is 74.4 Å². The van der Waals surface area contributed by atoms with E-state index in [1.807, 2.05) is 0 Å². The Balaban J connectivity index is 1.84. The van der Waals surface area contributed by atoms with E-state index < -0.39 is 17.0 Å². The van der Waals surface area contributed by atoms with Gasteiger partial charge in [-0.05, 0) is 53.2 Å². The maximum Gasteiger partial charge on any atom is 0.293 e. The molecule has 0 saturated carbocycles. The van der Waals surface area contributed by atoms with Crippen molar-refractivity contribution >= 4 is 52.2 Å². The van der Waals surface area contributed by atoms with Gasteiger partial charge in [-0.3, -0.25) is 14.5 Å². The molecule has 3 rings (SSSR count). The minimum atomic E-state index is -0.473. The van der Waals surface area contributed by atoms with Crippen LogP contribution in [-0.2, 0) is 11.3 Å². The number of carbonyl (C=O) groups is 2. The van der Waals surface area contributed by atoms with Gasteiger partial charge in [-0.1, -0.05) is 41.4 Å². The van der Waals surface area contributed by atoms with E-state index in [0.717, 1.165) is 28.3 Å². The van der Waals surface area contributed by atoms with E-state index in [-0.39, 0.29) is 11.6 Å². The summed E-state index contributed by atoms with van der Waals surface area (Å²) in [6.07, 6.45) is 1.61. The van der Waals surface area contributed by atoms with Gasteiger partial charge in [0.2, 0.25) is 0 Å². The van der Waals surface area contributed by atoms with Crippen LogP contribution in [0.25, 0.3) is 6.08 Å². The second-order valence-corrected chi connectivity index (χ2v) is 6.90. The number of thioether (sulfide) groups is 1. The van der Waals surface area contributed by atoms with Gasteiger partial charge in [0.1, 0.15) is 5.82 Å². The van der Waals surface area contributed by atoms with Gasteiger partial charge in [0.15, 0.2) is 0 Å². The standard InChI is InChI=1S/C17H10Cl2FNO2S/c18-12-3-1-2-10(6-12)7-15-16(22)21(17(23)24-15)9-11-4-5-13(20)8-14(11)19/h1-8H,9H2/b15-7-. The Labute approximate surface area is 152 Å². The lowest BCUT2D eigenvalue weighted by atomic mass is 10.2. The van der Waals surface area contributed by atoms with Crippen molar-refractivity contribution in [2.45, 2.75) is 6.54 Å². The molecule has 1 heterocycles. The Morgan fingerprint density at radius 3 is 2.62 bits per heavy atom. The maximum atomic E-state index is 13.1. The number of halogens is 3. The quantitative estimate of drug-likeness (QED) is 0.670. The minimum absolute atomic E-state index is 0.00331. The molecule has 0 unspecified atom stereocenters. The van der Waals surface area contributed by atoms with Crippen molar-refractivity contribution in [3.8, 4) is 0 Å². The predicted octanol–water partition coefficient (Wildman–Crippen LogP) is 5.37. The first-order chi connectivity index (χ1) is 11.4. The molecule has 1 fully saturated rings. The first-order valence-electron chi connectivity index (χ1n) is 6.89. The average Bonchev–Trinajstić information content (AvgIpc) is 2.77. The minimum Gasteiger partial charge on any atom is -0.268 e. The molecular weight excluding hydrogens is 372 g/mol. The van der Waals surface area contributed by atoms with Gasteiger partial charge in [-0.25, -0.2) is 4.39 Å². The van der Waals surface area contributed by atoms with Gasteiger partial charge in [0, 0.05) is 10.0 Å². The summed E-state index contributed by atoms with van der Waals surface area (Å²) in [6, 6.07) is 10.8. The van der Waals surface area contributed by atoms with Crippen molar-refractivity contribution in [1.82, 2.24) is 4.90 Å². The van der Waals surface area contributed by atoms with Crippen LogP contribution in [0.2, 0.25) is 10.0 Å². The van der Waals surface area contributed by atoms with Crippen LogP contribution < -0.4 is 0 Å². The fourth-order valence-electron chi connectivity index (χ4n) is 2.20. The number of carbonyl (C=O) groups excluding carboxylic acids is 2. The topological polar surface area (TPSA) is 37.4 Å². The third-order valence-corrected chi connectivity index (χ3v) is 4.86. The molecule has 1 aliphatic rings. The normalized spacial score (nSPS) is 16.3. The molecule has 122 valence electrons. The first kappa shape index (κ1) is 17.0. The summed E-state index contributed by atoms with van der Waals surface area (Å²) in [6.45, 7) is -0.00331. The van der Waals surface area contributed by atoms with Gasteiger partial charge in [-0.2, -0.15) is 0 Å². The molecular formula is C17H10Cl2FNO2S. The molecule has 1 saturated heterocycles. The molecule has 2 amide bonds. The van der Waals surface area contributed by atoms with Crippen molar-refractivity contribution in [1.29, 1.82) is 0 Å². The molecule has 2 aromatic rings. The summed E-state index contributed by atoms with van der Waals surface area (Å²) in [7, 11) is 0. The molecule has 2 aromatic carbocycles. The zero-order valence-electron chi connectivity index (χ0n) is 12.1. The lowest BCUT2D eigenvalue weighted by molar-refractivity contribution is -0.123. The highest BCUT2D eigenvalue weighted by molar-refractivity contribution is 8.18. The number of hydrogen-bond acceptors (Lipinski definition) is 3. The van der Waals surface area contributed by atoms with Crippen LogP contribution in [0.4, 0.5) is 9.18 Å². The van der Waals surface area contributed by atoms with E-state index in [4.69, 9.17) is 23.2 Å². The summed E-state index contributed by atoms with van der Waals surface area (Å²) in [5.41, 5.74) is 1.23. The van der Waals surface area contributed by atoms with Crippen LogP contribution in [0.15, 0.2) is 47.4 Å². The molecule has 0 bridgehead atoms. The molecule has 24 heavy (non-hydrogen) atoms. The van der Waals surface area contributed by atoms with Crippen molar-refractivity contribution in [3.63, 3.8) is 0 Å². The maximum absolute atomic E-state index is 13.1. The number of imide groups is 1. The molecule has 7 heteroatoms. The monoisotopic (exact) mass is 381 g/mol. The predicted molar refractivity (Wildman–Crippen MR) is 94.4 cm³/mol. The Morgan fingerprint density at radius 2 is 1.92 bits per heavy atom. The second kappa shape index (κ2) is 6.97. The molecule has 0 spiro atoms. The first-order valence-corrected chi connectivity index (χ1v) is 8.46. The lowest BCUT2D eigenvalue weighted by Crippen LogP contribution is -2.27. The van der Waals surface area contributed by atoms with Gasteiger partial charge in [-0.15, -0.1) is 0 Å². The number of benzene rings is 2. The molecule has 0 radical (unpaired) electrons. The molecule has 3 nitrogen and oxygen atoms in total. The zero-order chi connectivity index (χ0) is 17.3. The Morgan fingerprint density at radius 1 is 1.12 bits per heavy atom. The summed E-state index contributed by atoms with van der Waals surface area (Å²) in [4.78, 5) is 26.0. The van der Waals surface area contributed by atoms with Crippen LogP contribution in [0.1, 0.15) is 11.1 Å². The number of rotatable bonds is 3. The van der Waals surface area contributed by atoms with Gasteiger partial charge < -0.3 is 0 Å². The third kappa shape index (κ3) is 3.64. The molecule has 0 atom stereocenters. The molecule has 1 aliphatic heterocycles. The van der Waals surface area contributed by atoms with E-state index in [1.54, 1.807) is 30.3 Å². The lowest BCUT2D eigenvalue weighted by Gasteiger charge is -2.13. The number of nitrogens with zero attached hydrogens (tertiary/aromatic N) is 1. The third-order valence-electron chi connectivity index (χ3n) is 3.36. The van der Waals surface area contributed by atoms with Gasteiger partial charge in [0.25, 0.3) is 11.1 Å². The van der Waals surface area contributed by atoms with Crippen LogP contribution >= 0.6 is 35.0 Å². The van der Waals surface area contributed by atoms with Crippen molar-refractivity contribution in [2.75, 3.05) is 0 Å². The molecule has 0 N–H and O–H groups in total. The molecule has 0 aliphatic carbocycles. The van der Waals surface area contributed by atoms with Gasteiger partial charge >= 0.3 is 0 Å². The van der Waals surface area contributed by atoms with Gasteiger partial charge in [0.05, 0.1) is 11.4 Å². The Kier molecular flexibility index (Phi) is 4.94. The van der Waals surface area contributed by atoms with E-state index >= 15 is 0 Å². The summed E-state index contributed by atoms with van der Waals surface area (Å²) >= 11 is 12.7. The van der Waals surface area contributed by atoms with E-state index in [0.29, 0.717) is 15.5 Å². The van der Waals surface area contributed by atoms with E-state index in [1.165, 1.54) is 12.1 Å². The average molecular weight is 382 g/mol. The zero-order valence-corrected chi connectivity index (χ0v) is 14.5. The largest absolute Gasteiger partial charge is 0.293 e. The Hall–Kier alpha value is -1.82. The Bertz CT molecular complexity index is 869. The highest BCUT2D eigenvalue weighted by Crippen LogP contribution is 2.34. The van der Waals surface area contributed by atoms with E-state index in [9.17, 15) is 14.0 Å². The van der Waals surface area contributed by atoms with E-state index in [2.05, 4.69) is 0 Å². The van der Waals surface area contributed by atoms with Crippen LogP contribution in [0.5, 0.6) is 0 Å². The highest BCUT2D eigenvalue weighted by Gasteiger charge is 2.35. The fraction of sp³-hybridized carbons (Fsp3) is 0.0588. The number of hydrogen-bond donors (Lipinski definition) is 0. The van der Waals surface area contributed by atoms with Crippen LogP contribution in [0, 0.1) is 5.82 Å². The van der Waals surface area contributed by atoms with Crippen LogP contribution in [0.3, 0.4) is 0 Å². The summed E-state index contributed by atoms with van der Waals surface area (Å²) < 4.78 is 13.1. The van der Waals surface area contributed by atoms with Crippen molar-refractivity contribution < 1.29 is 14.0 Å². The smallest absolute Gasteiger partial charge is 0.268 e. The fourth-order valence-corrected chi connectivity index (χ4v) is 3.47. The van der Waals surface area contributed by atoms with Crippen LogP contribution in [-0.4, -0.2) is 16.0 Å². The summed E-state index contributed by atoms with van der Waals surface area (Å²) in [5, 5.41) is 0.322. The SMILES string of the molecule is O=C1S/C(=C\c2cccc(Cl)c2)C(=O)N1Cc1ccc(F)cc1Cl. The summed E-state index contributed by atoms with van der Waals surface area (Å²) in [5.74, 6) is -0.885. The van der Waals surface area contributed by atoms with Crippen molar-refractivity contribution in [2.24, 2.45) is 0 Å². The number of amides is 2. The highest BCUT2D eigenvalue weighted by atomic mass is 35.5. The molecule has 0 aromatic heterocycles. The second-order valence-electron chi connectivity index (χ2n) is 5.06.